The highest BCUT2D eigenvalue weighted by molar-refractivity contribution is 6.01. The van der Waals surface area contributed by atoms with Crippen molar-refractivity contribution in [1.82, 2.24) is 9.99 Å². The van der Waals surface area contributed by atoms with Gasteiger partial charge >= 0.3 is 0 Å². The number of nitrogens with one attached hydrogen (secondary N) is 1. The molecule has 0 saturated heterocycles. The van der Waals surface area contributed by atoms with Crippen LogP contribution in [-0.2, 0) is 0 Å². The van der Waals surface area contributed by atoms with Crippen molar-refractivity contribution in [2.45, 2.75) is 27.7 Å². The third-order valence-electron chi connectivity index (χ3n) is 4.84. The normalized spacial score (nSPS) is 11.4. The number of amides is 1. The Bertz CT molecular complexity index is 1110. The Morgan fingerprint density at radius 1 is 1.07 bits per heavy atom. The Balaban J connectivity index is 1.84. The van der Waals surface area contributed by atoms with Crippen molar-refractivity contribution in [1.29, 1.82) is 0 Å². The lowest BCUT2D eigenvalue weighted by Crippen LogP contribution is -2.20. The van der Waals surface area contributed by atoms with Gasteiger partial charge in [-0.15, -0.1) is 0 Å². The van der Waals surface area contributed by atoms with Crippen LogP contribution < -0.4 is 5.43 Å². The molecule has 3 aromatic rings. The van der Waals surface area contributed by atoms with Crippen LogP contribution in [0.25, 0.3) is 5.69 Å². The summed E-state index contributed by atoms with van der Waals surface area (Å²) in [5.41, 5.74) is 7.48. The van der Waals surface area contributed by atoms with E-state index in [4.69, 9.17) is 0 Å². The van der Waals surface area contributed by atoms with Gasteiger partial charge in [-0.05, 0) is 45.9 Å². The van der Waals surface area contributed by atoms with Crippen molar-refractivity contribution in [2.75, 3.05) is 0 Å². The molecule has 1 heterocycles. The molecule has 0 spiro atoms. The second kappa shape index (κ2) is 8.10. The number of carbonyl (C=O) groups excluding carboxylic acids is 1. The lowest BCUT2D eigenvalue weighted by atomic mass is 10.1. The number of aromatic nitrogens is 1. The molecule has 7 nitrogen and oxygen atoms in total. The molecule has 0 atom stereocenters. The Morgan fingerprint density at radius 3 is 2.41 bits per heavy atom. The van der Waals surface area contributed by atoms with Crippen molar-refractivity contribution in [3.63, 3.8) is 0 Å². The zero-order valence-corrected chi connectivity index (χ0v) is 16.8. The molecule has 0 aliphatic heterocycles. The van der Waals surface area contributed by atoms with Crippen LogP contribution in [-0.4, -0.2) is 21.1 Å². The molecule has 0 unspecified atom stereocenters. The standard InChI is InChI=1S/C22H22N4O3/c1-14-10-11-18(13-21(14)26(28)29)16(3)23-24-22(27)20-12-15(2)25(17(20)4)19-8-6-5-7-9-19/h5-13H,1-4H3,(H,24,27)/b23-16-. The summed E-state index contributed by atoms with van der Waals surface area (Å²) in [6, 6.07) is 16.5. The number of aryl methyl sites for hydroxylation is 2. The van der Waals surface area contributed by atoms with Gasteiger partial charge in [0.15, 0.2) is 0 Å². The summed E-state index contributed by atoms with van der Waals surface area (Å²) in [6.45, 7) is 7.20. The largest absolute Gasteiger partial charge is 0.318 e. The Morgan fingerprint density at radius 2 is 1.76 bits per heavy atom. The average Bonchev–Trinajstić information content (AvgIpc) is 3.00. The smallest absolute Gasteiger partial charge is 0.273 e. The maximum Gasteiger partial charge on any atom is 0.273 e. The molecule has 1 N–H and O–H groups in total. The van der Waals surface area contributed by atoms with Gasteiger partial charge in [0.25, 0.3) is 11.6 Å². The second-order valence-electron chi connectivity index (χ2n) is 6.85. The van der Waals surface area contributed by atoms with Crippen LogP contribution in [0.15, 0.2) is 59.7 Å². The average molecular weight is 390 g/mol. The van der Waals surface area contributed by atoms with Crippen molar-refractivity contribution >= 4 is 17.3 Å². The topological polar surface area (TPSA) is 89.5 Å². The van der Waals surface area contributed by atoms with Gasteiger partial charge in [-0.3, -0.25) is 14.9 Å². The number of carbonyl (C=O) groups is 1. The first-order valence-electron chi connectivity index (χ1n) is 9.14. The molecule has 0 aliphatic carbocycles. The highest BCUT2D eigenvalue weighted by Gasteiger charge is 2.17. The maximum atomic E-state index is 12.7. The first kappa shape index (κ1) is 20.0. The van der Waals surface area contributed by atoms with Gasteiger partial charge in [-0.1, -0.05) is 30.3 Å². The van der Waals surface area contributed by atoms with E-state index in [9.17, 15) is 14.9 Å². The molecule has 0 radical (unpaired) electrons. The van der Waals surface area contributed by atoms with E-state index in [1.165, 1.54) is 6.07 Å². The summed E-state index contributed by atoms with van der Waals surface area (Å²) >= 11 is 0. The number of hydrogen-bond acceptors (Lipinski definition) is 4. The molecule has 2 aromatic carbocycles. The predicted octanol–water partition coefficient (Wildman–Crippen LogP) is 4.46. The third-order valence-corrected chi connectivity index (χ3v) is 4.84. The Hall–Kier alpha value is -3.74. The first-order valence-corrected chi connectivity index (χ1v) is 9.14. The van der Waals surface area contributed by atoms with Crippen molar-refractivity contribution in [2.24, 2.45) is 5.10 Å². The van der Waals surface area contributed by atoms with E-state index in [1.807, 2.05) is 54.8 Å². The minimum Gasteiger partial charge on any atom is -0.318 e. The van der Waals surface area contributed by atoms with E-state index in [2.05, 4.69) is 10.5 Å². The summed E-state index contributed by atoms with van der Waals surface area (Å²) < 4.78 is 2.01. The SMILES string of the molecule is C/C(=N/NC(=O)c1cc(C)n(-c2ccccc2)c1C)c1ccc(C)c([N+](=O)[O-])c1. The van der Waals surface area contributed by atoms with E-state index < -0.39 is 4.92 Å². The molecule has 3 rings (SSSR count). The number of nitro groups is 1. The molecule has 29 heavy (non-hydrogen) atoms. The zero-order valence-electron chi connectivity index (χ0n) is 16.8. The Kier molecular flexibility index (Phi) is 5.59. The molecular formula is C22H22N4O3. The van der Waals surface area contributed by atoms with Gasteiger partial charge in [-0.2, -0.15) is 5.10 Å². The van der Waals surface area contributed by atoms with E-state index >= 15 is 0 Å². The molecule has 1 aromatic heterocycles. The number of rotatable bonds is 5. The summed E-state index contributed by atoms with van der Waals surface area (Å²) in [4.78, 5) is 23.4. The van der Waals surface area contributed by atoms with Crippen LogP contribution in [0.2, 0.25) is 0 Å². The van der Waals surface area contributed by atoms with E-state index in [1.54, 1.807) is 26.0 Å². The minimum absolute atomic E-state index is 0.0229. The van der Waals surface area contributed by atoms with Gasteiger partial charge in [0, 0.05) is 34.3 Å². The third kappa shape index (κ3) is 4.08. The summed E-state index contributed by atoms with van der Waals surface area (Å²) in [7, 11) is 0. The highest BCUT2D eigenvalue weighted by Crippen LogP contribution is 2.21. The molecule has 7 heteroatoms. The van der Waals surface area contributed by atoms with Gasteiger partial charge < -0.3 is 4.57 Å². The lowest BCUT2D eigenvalue weighted by molar-refractivity contribution is -0.385. The maximum absolute atomic E-state index is 12.7. The van der Waals surface area contributed by atoms with Gasteiger partial charge in [0.1, 0.15) is 0 Å². The second-order valence-corrected chi connectivity index (χ2v) is 6.85. The molecule has 1 amide bonds. The highest BCUT2D eigenvalue weighted by atomic mass is 16.6. The van der Waals surface area contributed by atoms with Crippen molar-refractivity contribution in [3.8, 4) is 5.69 Å². The van der Waals surface area contributed by atoms with E-state index in [-0.39, 0.29) is 11.6 Å². The fourth-order valence-corrected chi connectivity index (χ4v) is 3.26. The number of nitrogens with zero attached hydrogens (tertiary/aromatic N) is 3. The fourth-order valence-electron chi connectivity index (χ4n) is 3.26. The summed E-state index contributed by atoms with van der Waals surface area (Å²) in [5, 5.41) is 15.3. The van der Waals surface area contributed by atoms with Gasteiger partial charge in [-0.25, -0.2) is 5.43 Å². The van der Waals surface area contributed by atoms with Crippen LogP contribution in [0.1, 0.15) is 39.8 Å². The van der Waals surface area contributed by atoms with Crippen LogP contribution in [0, 0.1) is 30.9 Å². The van der Waals surface area contributed by atoms with Crippen LogP contribution >= 0.6 is 0 Å². The molecule has 0 aliphatic rings. The molecular weight excluding hydrogens is 368 g/mol. The molecule has 0 saturated carbocycles. The summed E-state index contributed by atoms with van der Waals surface area (Å²) in [5.74, 6) is -0.332. The van der Waals surface area contributed by atoms with E-state index in [0.29, 0.717) is 22.4 Å². The molecule has 0 bridgehead atoms. The number of benzene rings is 2. The van der Waals surface area contributed by atoms with Crippen molar-refractivity contribution in [3.05, 3.63) is 92.8 Å². The van der Waals surface area contributed by atoms with Gasteiger partial charge in [0.05, 0.1) is 16.2 Å². The van der Waals surface area contributed by atoms with Gasteiger partial charge in [0.2, 0.25) is 0 Å². The molecule has 0 fully saturated rings. The quantitative estimate of drug-likeness (QED) is 0.396. The van der Waals surface area contributed by atoms with Crippen LogP contribution in [0.5, 0.6) is 0 Å². The van der Waals surface area contributed by atoms with Crippen molar-refractivity contribution < 1.29 is 9.72 Å². The minimum atomic E-state index is -0.427. The lowest BCUT2D eigenvalue weighted by Gasteiger charge is -2.09. The number of hydrazone groups is 1. The predicted molar refractivity (Wildman–Crippen MR) is 113 cm³/mol. The number of para-hydroxylation sites is 1. The summed E-state index contributed by atoms with van der Waals surface area (Å²) in [6.07, 6.45) is 0. The first-order chi connectivity index (χ1) is 13.8. The number of nitro benzene ring substituents is 1. The molecule has 148 valence electrons. The Labute approximate surface area is 168 Å². The zero-order chi connectivity index (χ0) is 21.1. The number of hydrogen-bond donors (Lipinski definition) is 1. The van der Waals surface area contributed by atoms with E-state index in [0.717, 1.165) is 17.1 Å². The fraction of sp³-hybridized carbons (Fsp3) is 0.182. The monoisotopic (exact) mass is 390 g/mol. The van der Waals surface area contributed by atoms with Crippen LogP contribution in [0.4, 0.5) is 5.69 Å². The van der Waals surface area contributed by atoms with Crippen LogP contribution in [0.3, 0.4) is 0 Å².